The van der Waals surface area contributed by atoms with Gasteiger partial charge in [-0.2, -0.15) is 0 Å². The van der Waals surface area contributed by atoms with Gasteiger partial charge in [0.1, 0.15) is 0 Å². The maximum absolute atomic E-state index is 12.5. The Hall–Kier alpha value is -1.55. The van der Waals surface area contributed by atoms with Crippen LogP contribution in [-0.4, -0.2) is 41.8 Å². The van der Waals surface area contributed by atoms with Crippen molar-refractivity contribution in [1.82, 2.24) is 10.2 Å². The fourth-order valence-corrected chi connectivity index (χ4v) is 3.66. The molecule has 1 aromatic rings. The number of carbonyl (C=O) groups excluding carboxylic acids is 1. The molecule has 1 aliphatic heterocycles. The van der Waals surface area contributed by atoms with Crippen LogP contribution < -0.4 is 5.32 Å². The zero-order valence-corrected chi connectivity index (χ0v) is 15.3. The van der Waals surface area contributed by atoms with Gasteiger partial charge in [-0.25, -0.2) is 4.79 Å². The van der Waals surface area contributed by atoms with Crippen LogP contribution in [0.15, 0.2) is 30.3 Å². The highest BCUT2D eigenvalue weighted by Crippen LogP contribution is 2.28. The Morgan fingerprint density at radius 2 is 2.00 bits per heavy atom. The van der Waals surface area contributed by atoms with Crippen LogP contribution in [-0.2, 0) is 0 Å². The van der Waals surface area contributed by atoms with Gasteiger partial charge >= 0.3 is 6.03 Å². The predicted octanol–water partition coefficient (Wildman–Crippen LogP) is 3.76. The second-order valence-corrected chi connectivity index (χ2v) is 7.90. The first-order valence-corrected chi connectivity index (χ1v) is 9.13. The quantitative estimate of drug-likeness (QED) is 0.862. The van der Waals surface area contributed by atoms with E-state index in [9.17, 15) is 9.90 Å². The molecule has 4 heteroatoms. The molecule has 1 aliphatic rings. The summed E-state index contributed by atoms with van der Waals surface area (Å²) in [5.74, 6) is 0.552. The number of likely N-dealkylation sites (tertiary alicyclic amines) is 1. The average molecular weight is 332 g/mol. The van der Waals surface area contributed by atoms with Crippen LogP contribution in [0.5, 0.6) is 0 Å². The fourth-order valence-electron chi connectivity index (χ4n) is 3.66. The SMILES string of the molecule is CC(O)CC(C)(C)CNC(=O)N1CCCC(c2ccccc2)CC1. The summed E-state index contributed by atoms with van der Waals surface area (Å²) < 4.78 is 0. The van der Waals surface area contributed by atoms with Gasteiger partial charge in [0, 0.05) is 19.6 Å². The first-order chi connectivity index (χ1) is 11.4. The van der Waals surface area contributed by atoms with Crippen molar-refractivity contribution in [3.63, 3.8) is 0 Å². The van der Waals surface area contributed by atoms with E-state index < -0.39 is 0 Å². The number of hydrogen-bond donors (Lipinski definition) is 2. The van der Waals surface area contributed by atoms with Gasteiger partial charge in [-0.05, 0) is 49.5 Å². The molecule has 4 nitrogen and oxygen atoms in total. The van der Waals surface area contributed by atoms with E-state index in [1.165, 1.54) is 5.56 Å². The Kier molecular flexibility index (Phi) is 6.67. The largest absolute Gasteiger partial charge is 0.393 e. The molecule has 2 amide bonds. The van der Waals surface area contributed by atoms with Crippen LogP contribution in [0.1, 0.15) is 57.9 Å². The Morgan fingerprint density at radius 3 is 2.67 bits per heavy atom. The van der Waals surface area contributed by atoms with Crippen molar-refractivity contribution in [2.75, 3.05) is 19.6 Å². The summed E-state index contributed by atoms with van der Waals surface area (Å²) in [7, 11) is 0. The fraction of sp³-hybridized carbons (Fsp3) is 0.650. The van der Waals surface area contributed by atoms with Crippen LogP contribution in [0.25, 0.3) is 0 Å². The summed E-state index contributed by atoms with van der Waals surface area (Å²) in [5, 5.41) is 12.6. The summed E-state index contributed by atoms with van der Waals surface area (Å²) in [5.41, 5.74) is 1.29. The van der Waals surface area contributed by atoms with Gasteiger partial charge in [-0.1, -0.05) is 44.2 Å². The minimum atomic E-state index is -0.346. The van der Waals surface area contributed by atoms with E-state index >= 15 is 0 Å². The number of amides is 2. The number of urea groups is 1. The second kappa shape index (κ2) is 8.52. The summed E-state index contributed by atoms with van der Waals surface area (Å²) in [6.07, 6.45) is 3.55. The zero-order chi connectivity index (χ0) is 17.6. The van der Waals surface area contributed by atoms with Crippen LogP contribution in [0.3, 0.4) is 0 Å². The third-order valence-corrected chi connectivity index (χ3v) is 4.85. The van der Waals surface area contributed by atoms with Crippen molar-refractivity contribution >= 4 is 6.03 Å². The van der Waals surface area contributed by atoms with Crippen molar-refractivity contribution in [1.29, 1.82) is 0 Å². The van der Waals surface area contributed by atoms with E-state index in [-0.39, 0.29) is 17.6 Å². The maximum Gasteiger partial charge on any atom is 0.317 e. The summed E-state index contributed by atoms with van der Waals surface area (Å²) in [6, 6.07) is 10.7. The Morgan fingerprint density at radius 1 is 1.29 bits per heavy atom. The van der Waals surface area contributed by atoms with Crippen LogP contribution in [0.2, 0.25) is 0 Å². The summed E-state index contributed by atoms with van der Waals surface area (Å²) in [4.78, 5) is 14.4. The maximum atomic E-state index is 12.5. The second-order valence-electron chi connectivity index (χ2n) is 7.90. The van der Waals surface area contributed by atoms with Gasteiger partial charge in [0.05, 0.1) is 6.10 Å². The van der Waals surface area contributed by atoms with Gasteiger partial charge in [0.2, 0.25) is 0 Å². The molecule has 0 aliphatic carbocycles. The monoisotopic (exact) mass is 332 g/mol. The lowest BCUT2D eigenvalue weighted by Crippen LogP contribution is -2.44. The van der Waals surface area contributed by atoms with Crippen molar-refractivity contribution in [2.45, 2.75) is 58.5 Å². The molecule has 0 aromatic heterocycles. The molecule has 1 aromatic carbocycles. The number of rotatable bonds is 5. The van der Waals surface area contributed by atoms with Crippen molar-refractivity contribution in [2.24, 2.45) is 5.41 Å². The Labute approximate surface area is 146 Å². The lowest BCUT2D eigenvalue weighted by atomic mass is 9.87. The molecule has 2 atom stereocenters. The minimum absolute atomic E-state index is 0.0300. The van der Waals surface area contributed by atoms with E-state index in [0.717, 1.165) is 32.4 Å². The highest BCUT2D eigenvalue weighted by Gasteiger charge is 2.24. The van der Waals surface area contributed by atoms with Gasteiger partial charge in [-0.15, -0.1) is 0 Å². The molecule has 2 N–H and O–H groups in total. The van der Waals surface area contributed by atoms with Crippen LogP contribution >= 0.6 is 0 Å². The molecule has 1 fully saturated rings. The highest BCUT2D eigenvalue weighted by atomic mass is 16.3. The minimum Gasteiger partial charge on any atom is -0.393 e. The van der Waals surface area contributed by atoms with Crippen LogP contribution in [0.4, 0.5) is 4.79 Å². The topological polar surface area (TPSA) is 52.6 Å². The smallest absolute Gasteiger partial charge is 0.317 e. The molecule has 1 heterocycles. The molecule has 0 radical (unpaired) electrons. The molecule has 2 rings (SSSR count). The number of hydrogen-bond acceptors (Lipinski definition) is 2. The predicted molar refractivity (Wildman–Crippen MR) is 98.1 cm³/mol. The van der Waals surface area contributed by atoms with E-state index in [1.807, 2.05) is 4.90 Å². The standard InChI is InChI=1S/C20H32N2O2/c1-16(23)14-20(2,3)15-21-19(24)22-12-7-10-18(11-13-22)17-8-5-4-6-9-17/h4-6,8-9,16,18,23H,7,10-15H2,1-3H3,(H,21,24). The van der Waals surface area contributed by atoms with E-state index in [1.54, 1.807) is 6.92 Å². The molecule has 24 heavy (non-hydrogen) atoms. The third kappa shape index (κ3) is 5.82. The average Bonchev–Trinajstić information content (AvgIpc) is 2.78. The summed E-state index contributed by atoms with van der Waals surface area (Å²) in [6.45, 7) is 8.17. The lowest BCUT2D eigenvalue weighted by Gasteiger charge is -2.28. The molecular weight excluding hydrogens is 300 g/mol. The zero-order valence-electron chi connectivity index (χ0n) is 15.3. The number of carbonyl (C=O) groups is 1. The Balaban J connectivity index is 1.84. The van der Waals surface area contributed by atoms with E-state index in [4.69, 9.17) is 0 Å². The van der Waals surface area contributed by atoms with Crippen molar-refractivity contribution in [3.8, 4) is 0 Å². The van der Waals surface area contributed by atoms with Crippen molar-refractivity contribution in [3.05, 3.63) is 35.9 Å². The Bertz CT molecular complexity index is 514. The molecule has 1 saturated heterocycles. The first kappa shape index (κ1) is 18.8. The first-order valence-electron chi connectivity index (χ1n) is 9.13. The normalized spacial score (nSPS) is 20.3. The number of nitrogens with zero attached hydrogens (tertiary/aromatic N) is 1. The molecule has 0 bridgehead atoms. The third-order valence-electron chi connectivity index (χ3n) is 4.85. The molecule has 134 valence electrons. The number of aliphatic hydroxyl groups excluding tert-OH is 1. The lowest BCUT2D eigenvalue weighted by molar-refractivity contribution is 0.126. The highest BCUT2D eigenvalue weighted by molar-refractivity contribution is 5.74. The summed E-state index contributed by atoms with van der Waals surface area (Å²) >= 11 is 0. The number of aliphatic hydroxyl groups is 1. The molecule has 0 saturated carbocycles. The van der Waals surface area contributed by atoms with E-state index in [2.05, 4.69) is 49.5 Å². The number of benzene rings is 1. The van der Waals surface area contributed by atoms with Crippen LogP contribution in [0, 0.1) is 5.41 Å². The molecule has 2 unspecified atom stereocenters. The number of nitrogens with one attached hydrogen (secondary N) is 1. The molecule has 0 spiro atoms. The van der Waals surface area contributed by atoms with Crippen molar-refractivity contribution < 1.29 is 9.90 Å². The van der Waals surface area contributed by atoms with Gasteiger partial charge in [-0.3, -0.25) is 0 Å². The molecular formula is C20H32N2O2. The van der Waals surface area contributed by atoms with E-state index in [0.29, 0.717) is 18.9 Å². The van der Waals surface area contributed by atoms with Gasteiger partial charge in [0.15, 0.2) is 0 Å². The van der Waals surface area contributed by atoms with Gasteiger partial charge in [0.25, 0.3) is 0 Å². The van der Waals surface area contributed by atoms with Gasteiger partial charge < -0.3 is 15.3 Å².